The lowest BCUT2D eigenvalue weighted by atomic mass is 9.79. The molecule has 1 nitrogen and oxygen atoms in total. The Morgan fingerprint density at radius 2 is 0.790 bits per heavy atom. The lowest BCUT2D eigenvalue weighted by Gasteiger charge is -2.30. The standard InChI is InChI=1S/C61H45N/c1-61(2)57-29-14-13-24-54(57)56-28-15-27-53(60(56)61)46-35-39-50(40-36-46)62(49-37-33-43(34-38-49)48-32-31-42-17-9-10-22-47(42)41-48)58-30-16-26-52(45-20-7-4-8-21-45)59(58)55-25-12-11-23-51(55)44-18-5-3-6-19-44/h3-41H,1-2H3. The SMILES string of the molecule is CC1(C)c2ccccc2-c2cccc(-c3ccc(N(c4ccc(-c5ccc6ccccc6c5)cc4)c4cccc(-c5ccccc5)c4-c4ccccc4-c4ccccc4)cc3)c21. The number of nitrogens with zero attached hydrogens (tertiary/aromatic N) is 1. The predicted octanol–water partition coefficient (Wildman–Crippen LogP) is 17.0. The van der Waals surface area contributed by atoms with Crippen molar-refractivity contribution in [2.45, 2.75) is 19.3 Å². The highest BCUT2D eigenvalue weighted by molar-refractivity contribution is 6.01. The van der Waals surface area contributed by atoms with E-state index in [1.807, 2.05) is 0 Å². The van der Waals surface area contributed by atoms with E-state index in [-0.39, 0.29) is 5.41 Å². The number of hydrogen-bond acceptors (Lipinski definition) is 1. The largest absolute Gasteiger partial charge is 0.310 e. The van der Waals surface area contributed by atoms with Gasteiger partial charge in [-0.05, 0) is 119 Å². The van der Waals surface area contributed by atoms with Gasteiger partial charge in [0.2, 0.25) is 0 Å². The molecule has 0 radical (unpaired) electrons. The topological polar surface area (TPSA) is 3.24 Å². The zero-order chi connectivity index (χ0) is 41.6. The van der Waals surface area contributed by atoms with Crippen molar-refractivity contribution in [3.8, 4) is 66.8 Å². The van der Waals surface area contributed by atoms with Crippen LogP contribution in [0, 0.1) is 0 Å². The van der Waals surface area contributed by atoms with Crippen LogP contribution in [-0.4, -0.2) is 0 Å². The van der Waals surface area contributed by atoms with Gasteiger partial charge in [0, 0.05) is 22.4 Å². The second-order valence-electron chi connectivity index (χ2n) is 16.9. The van der Waals surface area contributed by atoms with Crippen LogP contribution in [0.25, 0.3) is 77.5 Å². The Morgan fingerprint density at radius 3 is 1.50 bits per heavy atom. The first-order valence-corrected chi connectivity index (χ1v) is 21.6. The molecular formula is C61H45N. The van der Waals surface area contributed by atoms with E-state index >= 15 is 0 Å². The minimum atomic E-state index is -0.112. The number of hydrogen-bond donors (Lipinski definition) is 0. The quantitative estimate of drug-likeness (QED) is 0.148. The maximum Gasteiger partial charge on any atom is 0.0546 e. The van der Waals surface area contributed by atoms with E-state index in [1.165, 1.54) is 88.7 Å². The van der Waals surface area contributed by atoms with Crippen molar-refractivity contribution >= 4 is 27.8 Å². The molecule has 1 heteroatoms. The molecule has 0 amide bonds. The molecule has 0 aliphatic heterocycles. The van der Waals surface area contributed by atoms with E-state index < -0.39 is 0 Å². The molecule has 1 aliphatic carbocycles. The number of anilines is 3. The van der Waals surface area contributed by atoms with Gasteiger partial charge in [-0.3, -0.25) is 0 Å². The van der Waals surface area contributed by atoms with Crippen molar-refractivity contribution in [2.24, 2.45) is 0 Å². The maximum atomic E-state index is 2.45. The normalized spacial score (nSPS) is 12.5. The third-order valence-corrected chi connectivity index (χ3v) is 12.9. The van der Waals surface area contributed by atoms with Gasteiger partial charge in [0.15, 0.2) is 0 Å². The van der Waals surface area contributed by atoms with Gasteiger partial charge in [-0.15, -0.1) is 0 Å². The van der Waals surface area contributed by atoms with Crippen molar-refractivity contribution in [1.29, 1.82) is 0 Å². The molecule has 1 aliphatic rings. The second kappa shape index (κ2) is 15.4. The van der Waals surface area contributed by atoms with Gasteiger partial charge in [0.05, 0.1) is 5.69 Å². The summed E-state index contributed by atoms with van der Waals surface area (Å²) >= 11 is 0. The fraction of sp³-hybridized carbons (Fsp3) is 0.0492. The maximum absolute atomic E-state index is 2.45. The van der Waals surface area contributed by atoms with Crippen molar-refractivity contribution in [2.75, 3.05) is 4.90 Å². The van der Waals surface area contributed by atoms with Crippen molar-refractivity contribution in [3.63, 3.8) is 0 Å². The zero-order valence-electron chi connectivity index (χ0n) is 35.0. The van der Waals surface area contributed by atoms with Crippen LogP contribution in [0.1, 0.15) is 25.0 Å². The van der Waals surface area contributed by atoms with Gasteiger partial charge in [0.1, 0.15) is 0 Å². The monoisotopic (exact) mass is 791 g/mol. The second-order valence-corrected chi connectivity index (χ2v) is 16.9. The van der Waals surface area contributed by atoms with Crippen LogP contribution in [0.5, 0.6) is 0 Å². The smallest absolute Gasteiger partial charge is 0.0546 e. The Labute approximate surface area is 364 Å². The molecule has 0 spiro atoms. The summed E-state index contributed by atoms with van der Waals surface area (Å²) in [6.07, 6.45) is 0. The highest BCUT2D eigenvalue weighted by Crippen LogP contribution is 2.53. The predicted molar refractivity (Wildman–Crippen MR) is 263 cm³/mol. The molecule has 0 N–H and O–H groups in total. The molecule has 0 saturated carbocycles. The fourth-order valence-corrected chi connectivity index (χ4v) is 9.92. The van der Waals surface area contributed by atoms with Crippen molar-refractivity contribution < 1.29 is 0 Å². The van der Waals surface area contributed by atoms with Gasteiger partial charge < -0.3 is 4.90 Å². The Balaban J connectivity index is 1.11. The Hall–Kier alpha value is -7.74. The molecule has 0 aromatic heterocycles. The van der Waals surface area contributed by atoms with Crippen molar-refractivity contribution in [1.82, 2.24) is 0 Å². The fourth-order valence-electron chi connectivity index (χ4n) is 9.92. The molecular weight excluding hydrogens is 747 g/mol. The first-order valence-electron chi connectivity index (χ1n) is 21.6. The first kappa shape index (κ1) is 37.3. The van der Waals surface area contributed by atoms with Crippen LogP contribution in [-0.2, 0) is 5.41 Å². The van der Waals surface area contributed by atoms with Crippen LogP contribution < -0.4 is 4.90 Å². The third kappa shape index (κ3) is 6.42. The molecule has 10 aromatic carbocycles. The van der Waals surface area contributed by atoms with Crippen molar-refractivity contribution in [3.05, 3.63) is 248 Å². The average molecular weight is 792 g/mol. The Morgan fingerprint density at radius 1 is 0.306 bits per heavy atom. The number of benzene rings is 10. The average Bonchev–Trinajstić information content (AvgIpc) is 3.58. The van der Waals surface area contributed by atoms with Gasteiger partial charge in [-0.25, -0.2) is 0 Å². The van der Waals surface area contributed by atoms with Crippen LogP contribution in [0.4, 0.5) is 17.1 Å². The highest BCUT2D eigenvalue weighted by Gasteiger charge is 2.37. The van der Waals surface area contributed by atoms with Gasteiger partial charge in [0.25, 0.3) is 0 Å². The minimum Gasteiger partial charge on any atom is -0.310 e. The summed E-state index contributed by atoms with van der Waals surface area (Å²) in [7, 11) is 0. The summed E-state index contributed by atoms with van der Waals surface area (Å²) in [6, 6.07) is 86.6. The first-order chi connectivity index (χ1) is 30.5. The van der Waals surface area contributed by atoms with Gasteiger partial charge in [-0.1, -0.05) is 214 Å². The summed E-state index contributed by atoms with van der Waals surface area (Å²) in [5.74, 6) is 0. The molecule has 62 heavy (non-hydrogen) atoms. The van der Waals surface area contributed by atoms with Crippen LogP contribution >= 0.6 is 0 Å². The minimum absolute atomic E-state index is 0.112. The molecule has 11 rings (SSSR count). The molecule has 0 bridgehead atoms. The summed E-state index contributed by atoms with van der Waals surface area (Å²) in [6.45, 7) is 4.74. The van der Waals surface area contributed by atoms with E-state index in [4.69, 9.17) is 0 Å². The summed E-state index contributed by atoms with van der Waals surface area (Å²) in [5, 5.41) is 2.49. The summed E-state index contributed by atoms with van der Waals surface area (Å²) < 4.78 is 0. The molecule has 0 saturated heterocycles. The van der Waals surface area contributed by atoms with E-state index in [0.29, 0.717) is 0 Å². The molecule has 0 fully saturated rings. The molecule has 0 unspecified atom stereocenters. The van der Waals surface area contributed by atoms with E-state index in [1.54, 1.807) is 0 Å². The Bertz CT molecular complexity index is 3230. The third-order valence-electron chi connectivity index (χ3n) is 12.9. The Kier molecular flexibility index (Phi) is 9.24. The lowest BCUT2D eigenvalue weighted by Crippen LogP contribution is -2.16. The summed E-state index contributed by atoms with van der Waals surface area (Å²) in [5.41, 5.74) is 20.6. The highest BCUT2D eigenvalue weighted by atomic mass is 15.1. The lowest BCUT2D eigenvalue weighted by molar-refractivity contribution is 0.662. The molecule has 0 heterocycles. The van der Waals surface area contributed by atoms with E-state index in [0.717, 1.165) is 17.1 Å². The van der Waals surface area contributed by atoms with E-state index in [2.05, 4.69) is 255 Å². The van der Waals surface area contributed by atoms with Crippen LogP contribution in [0.2, 0.25) is 0 Å². The van der Waals surface area contributed by atoms with Gasteiger partial charge in [-0.2, -0.15) is 0 Å². The molecule has 10 aromatic rings. The number of rotatable bonds is 8. The molecule has 0 atom stereocenters. The van der Waals surface area contributed by atoms with Crippen LogP contribution in [0.15, 0.2) is 237 Å². The van der Waals surface area contributed by atoms with Crippen LogP contribution in [0.3, 0.4) is 0 Å². The molecule has 294 valence electrons. The van der Waals surface area contributed by atoms with Gasteiger partial charge >= 0.3 is 0 Å². The van der Waals surface area contributed by atoms with E-state index in [9.17, 15) is 0 Å². The zero-order valence-corrected chi connectivity index (χ0v) is 35.0. The summed E-state index contributed by atoms with van der Waals surface area (Å²) in [4.78, 5) is 2.45. The number of fused-ring (bicyclic) bond motifs is 4.